The number of amides is 1. The Balaban J connectivity index is 1.72. The lowest BCUT2D eigenvalue weighted by molar-refractivity contribution is -0.122. The molecule has 152 valence electrons. The van der Waals surface area contributed by atoms with Gasteiger partial charge in [0, 0.05) is 16.3 Å². The molecule has 0 aliphatic carbocycles. The number of carbonyl (C=O) groups excluding carboxylic acids is 1. The zero-order valence-electron chi connectivity index (χ0n) is 15.0. The number of halogens is 2. The third-order valence-electron chi connectivity index (χ3n) is 4.50. The molecule has 29 heavy (non-hydrogen) atoms. The number of aliphatic hydroxyl groups is 2. The lowest BCUT2D eigenvalue weighted by atomic mass is 10.1. The number of nitrogens with one attached hydrogen (secondary N) is 2. The Kier molecular flexibility index (Phi) is 5.84. The first-order chi connectivity index (χ1) is 13.9. The highest BCUT2D eigenvalue weighted by Crippen LogP contribution is 2.43. The standard InChI is InChI=1S/C17H16ClIN6O3S/c1-20-15(28)12-10(26)11(27)16(29-12)25-6-21-9-13(23-17(18)24-14(9)25)22-8-4-2-3-7(19)5-8/h2-6,10-12,16,26-27H,1H3,(H,20,28)(H,22,23,24)/t10-,11+,12?,16+/m0/s1. The van der Waals surface area contributed by atoms with E-state index in [1.165, 1.54) is 13.4 Å². The van der Waals surface area contributed by atoms with E-state index in [2.05, 4.69) is 48.2 Å². The summed E-state index contributed by atoms with van der Waals surface area (Å²) in [6.45, 7) is 0. The van der Waals surface area contributed by atoms with Crippen molar-refractivity contribution in [2.24, 2.45) is 0 Å². The third-order valence-corrected chi connectivity index (χ3v) is 6.91. The van der Waals surface area contributed by atoms with E-state index in [1.807, 2.05) is 24.3 Å². The molecular formula is C17H16ClIN6O3S. The maximum atomic E-state index is 12.0. The largest absolute Gasteiger partial charge is 0.389 e. The molecule has 1 aromatic carbocycles. The summed E-state index contributed by atoms with van der Waals surface area (Å²) in [6.07, 6.45) is -0.903. The van der Waals surface area contributed by atoms with Crippen molar-refractivity contribution in [2.45, 2.75) is 22.8 Å². The zero-order chi connectivity index (χ0) is 20.7. The van der Waals surface area contributed by atoms with Gasteiger partial charge in [0.2, 0.25) is 11.2 Å². The fourth-order valence-electron chi connectivity index (χ4n) is 3.11. The van der Waals surface area contributed by atoms with Gasteiger partial charge in [-0.05, 0) is 52.4 Å². The SMILES string of the molecule is CNC(=O)C1S[C@@H](n2cnc3c(Nc4cccc(I)c4)nc(Cl)nc32)[C@H](O)[C@@H]1O. The third kappa shape index (κ3) is 3.89. The number of carbonyl (C=O) groups is 1. The molecule has 1 amide bonds. The summed E-state index contributed by atoms with van der Waals surface area (Å²) in [7, 11) is 1.48. The van der Waals surface area contributed by atoms with E-state index >= 15 is 0 Å². The highest BCUT2D eigenvalue weighted by molar-refractivity contribution is 14.1. The van der Waals surface area contributed by atoms with Crippen LogP contribution in [0.1, 0.15) is 5.37 Å². The Morgan fingerprint density at radius 1 is 1.31 bits per heavy atom. The summed E-state index contributed by atoms with van der Waals surface area (Å²) in [4.78, 5) is 24.9. The van der Waals surface area contributed by atoms with E-state index < -0.39 is 22.8 Å². The highest BCUT2D eigenvalue weighted by Gasteiger charge is 2.47. The molecule has 12 heteroatoms. The minimum absolute atomic E-state index is 0.00765. The lowest BCUT2D eigenvalue weighted by Gasteiger charge is -2.17. The fraction of sp³-hybridized carbons (Fsp3) is 0.294. The van der Waals surface area contributed by atoms with Crippen LogP contribution in [0.2, 0.25) is 5.28 Å². The second-order valence-electron chi connectivity index (χ2n) is 6.34. The summed E-state index contributed by atoms with van der Waals surface area (Å²) in [6, 6.07) is 7.71. The van der Waals surface area contributed by atoms with Crippen LogP contribution in [0.15, 0.2) is 30.6 Å². The number of fused-ring (bicyclic) bond motifs is 1. The number of thioether (sulfide) groups is 1. The van der Waals surface area contributed by atoms with Gasteiger partial charge in [-0.3, -0.25) is 9.36 Å². The van der Waals surface area contributed by atoms with Gasteiger partial charge in [-0.15, -0.1) is 11.8 Å². The first-order valence-corrected chi connectivity index (χ1v) is 10.9. The van der Waals surface area contributed by atoms with E-state index in [4.69, 9.17) is 11.6 Å². The molecule has 4 atom stereocenters. The molecule has 4 N–H and O–H groups in total. The maximum absolute atomic E-state index is 12.0. The van der Waals surface area contributed by atoms with E-state index in [0.29, 0.717) is 17.0 Å². The number of aromatic nitrogens is 4. The molecule has 1 saturated heterocycles. The molecule has 1 fully saturated rings. The van der Waals surface area contributed by atoms with Gasteiger partial charge in [0.05, 0.1) is 6.33 Å². The van der Waals surface area contributed by atoms with Crippen molar-refractivity contribution >= 4 is 74.5 Å². The van der Waals surface area contributed by atoms with E-state index in [-0.39, 0.29) is 11.2 Å². The van der Waals surface area contributed by atoms with Crippen molar-refractivity contribution in [3.63, 3.8) is 0 Å². The first-order valence-electron chi connectivity index (χ1n) is 8.55. The zero-order valence-corrected chi connectivity index (χ0v) is 18.7. The van der Waals surface area contributed by atoms with Crippen LogP contribution in [0.4, 0.5) is 11.5 Å². The quantitative estimate of drug-likeness (QED) is 0.289. The number of hydrogen-bond donors (Lipinski definition) is 4. The molecule has 1 aliphatic heterocycles. The summed E-state index contributed by atoms with van der Waals surface area (Å²) < 4.78 is 2.65. The Hall–Kier alpha value is -1.67. The summed E-state index contributed by atoms with van der Waals surface area (Å²) in [5.74, 6) is 0.0591. The number of aliphatic hydroxyl groups excluding tert-OH is 2. The number of hydrogen-bond acceptors (Lipinski definition) is 8. The molecule has 0 spiro atoms. The van der Waals surface area contributed by atoms with Crippen LogP contribution in [0.5, 0.6) is 0 Å². The van der Waals surface area contributed by atoms with Gasteiger partial charge < -0.3 is 20.8 Å². The number of nitrogens with zero attached hydrogens (tertiary/aromatic N) is 4. The van der Waals surface area contributed by atoms with Crippen LogP contribution >= 0.6 is 46.0 Å². The van der Waals surface area contributed by atoms with E-state index in [1.54, 1.807) is 4.57 Å². The summed E-state index contributed by atoms with van der Waals surface area (Å²) in [5.41, 5.74) is 1.66. The predicted octanol–water partition coefficient (Wildman–Crippen LogP) is 1.91. The van der Waals surface area contributed by atoms with Crippen LogP contribution in [0.3, 0.4) is 0 Å². The fourth-order valence-corrected chi connectivity index (χ4v) is 5.29. The van der Waals surface area contributed by atoms with Gasteiger partial charge in [0.15, 0.2) is 17.0 Å². The Morgan fingerprint density at radius 3 is 2.83 bits per heavy atom. The Bertz CT molecular complexity index is 1080. The minimum Gasteiger partial charge on any atom is -0.389 e. The second-order valence-corrected chi connectivity index (χ2v) is 9.19. The number of anilines is 2. The van der Waals surface area contributed by atoms with Crippen molar-refractivity contribution in [1.82, 2.24) is 24.8 Å². The Labute approximate surface area is 188 Å². The summed E-state index contributed by atoms with van der Waals surface area (Å²) in [5, 5.41) is 25.0. The van der Waals surface area contributed by atoms with Gasteiger partial charge in [-0.2, -0.15) is 9.97 Å². The monoisotopic (exact) mass is 546 g/mol. The van der Waals surface area contributed by atoms with Crippen LogP contribution in [0.25, 0.3) is 11.2 Å². The van der Waals surface area contributed by atoms with Crippen LogP contribution in [-0.4, -0.2) is 60.1 Å². The van der Waals surface area contributed by atoms with Crippen LogP contribution in [-0.2, 0) is 4.79 Å². The molecule has 0 radical (unpaired) electrons. The van der Waals surface area contributed by atoms with Gasteiger partial charge in [0.1, 0.15) is 22.8 Å². The van der Waals surface area contributed by atoms with E-state index in [9.17, 15) is 15.0 Å². The topological polar surface area (TPSA) is 125 Å². The molecular weight excluding hydrogens is 531 g/mol. The molecule has 4 rings (SSSR count). The smallest absolute Gasteiger partial charge is 0.235 e. The predicted molar refractivity (Wildman–Crippen MR) is 119 cm³/mol. The van der Waals surface area contributed by atoms with Crippen molar-refractivity contribution in [2.75, 3.05) is 12.4 Å². The molecule has 2 aromatic heterocycles. The normalized spacial score (nSPS) is 24.0. The Morgan fingerprint density at radius 2 is 2.10 bits per heavy atom. The molecule has 9 nitrogen and oxygen atoms in total. The van der Waals surface area contributed by atoms with Gasteiger partial charge in [-0.25, -0.2) is 4.98 Å². The maximum Gasteiger partial charge on any atom is 0.235 e. The van der Waals surface area contributed by atoms with Crippen LogP contribution < -0.4 is 10.6 Å². The summed E-state index contributed by atoms with van der Waals surface area (Å²) >= 11 is 9.48. The average molecular weight is 547 g/mol. The molecule has 1 aliphatic rings. The number of benzene rings is 1. The highest BCUT2D eigenvalue weighted by atomic mass is 127. The number of rotatable bonds is 4. The van der Waals surface area contributed by atoms with Crippen molar-refractivity contribution in [1.29, 1.82) is 0 Å². The first kappa shape index (κ1) is 20.6. The molecule has 1 unspecified atom stereocenters. The van der Waals surface area contributed by atoms with Gasteiger partial charge in [0.25, 0.3) is 0 Å². The average Bonchev–Trinajstić information content (AvgIpc) is 3.23. The van der Waals surface area contributed by atoms with Gasteiger partial charge >= 0.3 is 0 Å². The molecule has 3 heterocycles. The van der Waals surface area contributed by atoms with Gasteiger partial charge in [-0.1, -0.05) is 6.07 Å². The lowest BCUT2D eigenvalue weighted by Crippen LogP contribution is -2.39. The van der Waals surface area contributed by atoms with E-state index in [0.717, 1.165) is 21.0 Å². The minimum atomic E-state index is -1.22. The molecule has 3 aromatic rings. The number of imidazole rings is 1. The molecule has 0 saturated carbocycles. The van der Waals surface area contributed by atoms with Crippen molar-refractivity contribution in [3.8, 4) is 0 Å². The van der Waals surface area contributed by atoms with Crippen LogP contribution in [0, 0.1) is 3.57 Å². The van der Waals surface area contributed by atoms with Crippen molar-refractivity contribution < 1.29 is 15.0 Å². The second kappa shape index (κ2) is 8.22. The van der Waals surface area contributed by atoms with Crippen molar-refractivity contribution in [3.05, 3.63) is 39.4 Å². The molecule has 0 bridgehead atoms.